The number of aryl methyl sites for hydroxylation is 1. The minimum Gasteiger partial charge on any atom is -0.350 e. The van der Waals surface area contributed by atoms with E-state index in [2.05, 4.69) is 9.88 Å². The number of hydrogen-bond acceptors (Lipinski definition) is 5. The standard InChI is InChI=1S/C14H20N4O2/c1-9-4-5-16-14(13(9)18(19)20)17-7-10-2-3-12(15)6-11(10)8-17/h4-5,10-12H,2-3,6-8,15H2,1H3/t10-,11+,12?/m1/s1. The lowest BCUT2D eigenvalue weighted by atomic mass is 9.79. The summed E-state index contributed by atoms with van der Waals surface area (Å²) in [6.07, 6.45) is 4.88. The van der Waals surface area contributed by atoms with Gasteiger partial charge in [-0.25, -0.2) is 4.98 Å². The van der Waals surface area contributed by atoms with Crippen LogP contribution in [0.1, 0.15) is 24.8 Å². The van der Waals surface area contributed by atoms with E-state index in [1.54, 1.807) is 19.2 Å². The van der Waals surface area contributed by atoms with Crippen LogP contribution in [0.2, 0.25) is 0 Å². The molecule has 108 valence electrons. The van der Waals surface area contributed by atoms with Crippen molar-refractivity contribution >= 4 is 11.5 Å². The Morgan fingerprint density at radius 2 is 2.15 bits per heavy atom. The van der Waals surface area contributed by atoms with Gasteiger partial charge in [0, 0.05) is 30.9 Å². The van der Waals surface area contributed by atoms with Gasteiger partial charge in [-0.2, -0.15) is 0 Å². The average molecular weight is 276 g/mol. The third kappa shape index (κ3) is 2.24. The highest BCUT2D eigenvalue weighted by molar-refractivity contribution is 5.62. The van der Waals surface area contributed by atoms with Gasteiger partial charge in [0.15, 0.2) is 0 Å². The van der Waals surface area contributed by atoms with E-state index in [1.165, 1.54) is 0 Å². The van der Waals surface area contributed by atoms with E-state index in [-0.39, 0.29) is 16.7 Å². The van der Waals surface area contributed by atoms with Gasteiger partial charge in [-0.1, -0.05) is 0 Å². The van der Waals surface area contributed by atoms with Gasteiger partial charge >= 0.3 is 5.69 Å². The third-order valence-corrected chi connectivity index (χ3v) is 4.68. The summed E-state index contributed by atoms with van der Waals surface area (Å²) in [4.78, 5) is 17.3. The number of pyridine rings is 1. The van der Waals surface area contributed by atoms with Crippen molar-refractivity contribution in [2.75, 3.05) is 18.0 Å². The molecule has 3 rings (SSSR count). The molecule has 2 N–H and O–H groups in total. The van der Waals surface area contributed by atoms with Crippen molar-refractivity contribution in [1.29, 1.82) is 0 Å². The Kier molecular flexibility index (Phi) is 3.33. The summed E-state index contributed by atoms with van der Waals surface area (Å²) in [7, 11) is 0. The van der Waals surface area contributed by atoms with Crippen molar-refractivity contribution in [2.24, 2.45) is 17.6 Å². The molecule has 20 heavy (non-hydrogen) atoms. The first-order chi connectivity index (χ1) is 9.56. The fourth-order valence-electron chi connectivity index (χ4n) is 3.63. The Balaban J connectivity index is 1.88. The van der Waals surface area contributed by atoms with Crippen LogP contribution in [-0.2, 0) is 0 Å². The molecule has 1 aromatic rings. The minimum absolute atomic E-state index is 0.149. The zero-order valence-corrected chi connectivity index (χ0v) is 11.7. The van der Waals surface area contributed by atoms with E-state index in [9.17, 15) is 10.1 Å². The van der Waals surface area contributed by atoms with Crippen molar-refractivity contribution < 1.29 is 4.92 Å². The van der Waals surface area contributed by atoms with E-state index in [0.717, 1.165) is 32.4 Å². The van der Waals surface area contributed by atoms with Gasteiger partial charge in [0.25, 0.3) is 0 Å². The van der Waals surface area contributed by atoms with Crippen LogP contribution in [0.4, 0.5) is 11.5 Å². The highest BCUT2D eigenvalue weighted by Gasteiger charge is 2.39. The molecule has 6 nitrogen and oxygen atoms in total. The Hall–Kier alpha value is -1.69. The second-order valence-corrected chi connectivity index (χ2v) is 6.06. The number of nitrogens with zero attached hydrogens (tertiary/aromatic N) is 3. The van der Waals surface area contributed by atoms with Crippen LogP contribution >= 0.6 is 0 Å². The fraction of sp³-hybridized carbons (Fsp3) is 0.643. The Morgan fingerprint density at radius 3 is 2.90 bits per heavy atom. The highest BCUT2D eigenvalue weighted by Crippen LogP contribution is 2.40. The van der Waals surface area contributed by atoms with Crippen LogP contribution in [-0.4, -0.2) is 29.0 Å². The number of anilines is 1. The number of hydrogen-bond donors (Lipinski definition) is 1. The molecule has 0 bridgehead atoms. The maximum atomic E-state index is 11.3. The molecule has 0 spiro atoms. The van der Waals surface area contributed by atoms with Gasteiger partial charge in [0.1, 0.15) is 0 Å². The third-order valence-electron chi connectivity index (χ3n) is 4.68. The second kappa shape index (κ2) is 5.01. The molecule has 6 heteroatoms. The van der Waals surface area contributed by atoms with Crippen LogP contribution in [0, 0.1) is 28.9 Å². The maximum absolute atomic E-state index is 11.3. The molecule has 1 unspecified atom stereocenters. The molecular formula is C14H20N4O2. The summed E-state index contributed by atoms with van der Waals surface area (Å²) < 4.78 is 0. The quantitative estimate of drug-likeness (QED) is 0.658. The van der Waals surface area contributed by atoms with Gasteiger partial charge in [-0.15, -0.1) is 0 Å². The van der Waals surface area contributed by atoms with Gasteiger partial charge in [-0.05, 0) is 44.1 Å². The van der Waals surface area contributed by atoms with Crippen LogP contribution in [0.25, 0.3) is 0 Å². The number of nitro groups is 1. The zero-order valence-electron chi connectivity index (χ0n) is 11.7. The largest absolute Gasteiger partial charge is 0.350 e. The lowest BCUT2D eigenvalue weighted by molar-refractivity contribution is -0.384. The van der Waals surface area contributed by atoms with Gasteiger partial charge < -0.3 is 10.6 Å². The first-order valence-corrected chi connectivity index (χ1v) is 7.16. The maximum Gasteiger partial charge on any atom is 0.314 e. The van der Waals surface area contributed by atoms with E-state index < -0.39 is 0 Å². The lowest BCUT2D eigenvalue weighted by Gasteiger charge is -2.27. The highest BCUT2D eigenvalue weighted by atomic mass is 16.6. The molecule has 1 aromatic heterocycles. The van der Waals surface area contributed by atoms with Gasteiger partial charge in [-0.3, -0.25) is 10.1 Å². The summed E-state index contributed by atoms with van der Waals surface area (Å²) >= 11 is 0. The molecule has 2 fully saturated rings. The van der Waals surface area contributed by atoms with Crippen LogP contribution < -0.4 is 10.6 Å². The van der Waals surface area contributed by atoms with E-state index in [1.807, 2.05) is 0 Å². The fourth-order valence-corrected chi connectivity index (χ4v) is 3.63. The molecule has 3 atom stereocenters. The van der Waals surface area contributed by atoms with Crippen LogP contribution in [0.3, 0.4) is 0 Å². The summed E-state index contributed by atoms with van der Waals surface area (Å²) in [6, 6.07) is 1.98. The van der Waals surface area contributed by atoms with Gasteiger partial charge in [0.05, 0.1) is 4.92 Å². The molecule has 2 aliphatic rings. The molecule has 0 radical (unpaired) electrons. The van der Waals surface area contributed by atoms with E-state index in [0.29, 0.717) is 23.2 Å². The molecule has 1 saturated heterocycles. The molecular weight excluding hydrogens is 256 g/mol. The number of fused-ring (bicyclic) bond motifs is 1. The summed E-state index contributed by atoms with van der Waals surface area (Å²) in [5, 5.41) is 11.3. The smallest absolute Gasteiger partial charge is 0.314 e. The van der Waals surface area contributed by atoms with E-state index in [4.69, 9.17) is 5.73 Å². The Labute approximate surface area is 118 Å². The predicted octanol–water partition coefficient (Wildman–Crippen LogP) is 1.86. The predicted molar refractivity (Wildman–Crippen MR) is 76.6 cm³/mol. The number of aromatic nitrogens is 1. The van der Waals surface area contributed by atoms with E-state index >= 15 is 0 Å². The van der Waals surface area contributed by atoms with Crippen LogP contribution in [0.15, 0.2) is 12.3 Å². The van der Waals surface area contributed by atoms with Crippen molar-refractivity contribution in [3.63, 3.8) is 0 Å². The Bertz CT molecular complexity index is 534. The monoisotopic (exact) mass is 276 g/mol. The minimum atomic E-state index is -0.314. The zero-order chi connectivity index (χ0) is 14.3. The second-order valence-electron chi connectivity index (χ2n) is 6.06. The van der Waals surface area contributed by atoms with Crippen molar-refractivity contribution in [2.45, 2.75) is 32.2 Å². The molecule has 0 amide bonds. The SMILES string of the molecule is Cc1ccnc(N2C[C@H]3CCC(N)C[C@H]3C2)c1[N+](=O)[O-]. The first-order valence-electron chi connectivity index (χ1n) is 7.16. The molecule has 2 heterocycles. The summed E-state index contributed by atoms with van der Waals surface area (Å²) in [5.74, 6) is 1.69. The Morgan fingerprint density at radius 1 is 1.40 bits per heavy atom. The first kappa shape index (κ1) is 13.3. The topological polar surface area (TPSA) is 85.3 Å². The van der Waals surface area contributed by atoms with Crippen LogP contribution in [0.5, 0.6) is 0 Å². The molecule has 1 aliphatic heterocycles. The van der Waals surface area contributed by atoms with Crippen molar-refractivity contribution in [1.82, 2.24) is 4.98 Å². The average Bonchev–Trinajstić information content (AvgIpc) is 2.80. The van der Waals surface area contributed by atoms with Gasteiger partial charge in [0.2, 0.25) is 5.82 Å². The molecule has 1 aliphatic carbocycles. The normalized spacial score (nSPS) is 29.3. The summed E-state index contributed by atoms with van der Waals surface area (Å²) in [5.41, 5.74) is 6.86. The van der Waals surface area contributed by atoms with Crippen molar-refractivity contribution in [3.05, 3.63) is 27.9 Å². The lowest BCUT2D eigenvalue weighted by Crippen LogP contribution is -2.32. The molecule has 1 saturated carbocycles. The summed E-state index contributed by atoms with van der Waals surface area (Å²) in [6.45, 7) is 3.48. The number of nitrogens with two attached hydrogens (primary N) is 1. The number of rotatable bonds is 2. The molecule has 0 aromatic carbocycles. The van der Waals surface area contributed by atoms with Crippen molar-refractivity contribution in [3.8, 4) is 0 Å².